The number of piperidine rings is 1. The minimum Gasteiger partial charge on any atom is -0.354 e. The summed E-state index contributed by atoms with van der Waals surface area (Å²) in [7, 11) is 0. The molecule has 1 aromatic carbocycles. The fourth-order valence-corrected chi connectivity index (χ4v) is 3.18. The summed E-state index contributed by atoms with van der Waals surface area (Å²) in [5, 5.41) is 2.94. The van der Waals surface area contributed by atoms with Gasteiger partial charge in [-0.3, -0.25) is 9.59 Å². The average molecular weight is 358 g/mol. The van der Waals surface area contributed by atoms with Gasteiger partial charge in [0.25, 0.3) is 0 Å². The van der Waals surface area contributed by atoms with Gasteiger partial charge in [-0.15, -0.1) is 0 Å². The highest BCUT2D eigenvalue weighted by atomic mass is 19.1. The Bertz CT molecular complexity index is 731. The van der Waals surface area contributed by atoms with Gasteiger partial charge in [-0.05, 0) is 30.5 Å². The number of aromatic nitrogens is 2. The SMILES string of the molecule is O=C(NCCn1ccnc1)[C@@H]1CCCN(C(=O)Cc2ccc(F)cc2)C1. The van der Waals surface area contributed by atoms with Crippen molar-refractivity contribution in [1.82, 2.24) is 19.8 Å². The zero-order valence-electron chi connectivity index (χ0n) is 14.6. The Hall–Kier alpha value is -2.70. The molecule has 1 saturated heterocycles. The Morgan fingerprint density at radius 1 is 1.27 bits per heavy atom. The van der Waals surface area contributed by atoms with Crippen molar-refractivity contribution in [2.45, 2.75) is 25.8 Å². The molecule has 1 fully saturated rings. The highest BCUT2D eigenvalue weighted by Gasteiger charge is 2.28. The summed E-state index contributed by atoms with van der Waals surface area (Å²) in [6.45, 7) is 2.32. The highest BCUT2D eigenvalue weighted by Crippen LogP contribution is 2.18. The molecule has 26 heavy (non-hydrogen) atoms. The Labute approximate surface area is 152 Å². The summed E-state index contributed by atoms with van der Waals surface area (Å²) in [6.07, 6.45) is 7.10. The van der Waals surface area contributed by atoms with Crippen LogP contribution in [0.4, 0.5) is 4.39 Å². The summed E-state index contributed by atoms with van der Waals surface area (Å²) in [5.74, 6) is -0.521. The van der Waals surface area contributed by atoms with Gasteiger partial charge < -0.3 is 14.8 Å². The first-order valence-electron chi connectivity index (χ1n) is 8.87. The number of hydrogen-bond donors (Lipinski definition) is 1. The van der Waals surface area contributed by atoms with E-state index < -0.39 is 0 Å². The van der Waals surface area contributed by atoms with Gasteiger partial charge in [0.15, 0.2) is 0 Å². The molecule has 138 valence electrons. The van der Waals surface area contributed by atoms with Crippen LogP contribution in [0.1, 0.15) is 18.4 Å². The Kier molecular flexibility index (Phi) is 5.99. The van der Waals surface area contributed by atoms with E-state index in [1.807, 2.05) is 10.8 Å². The number of likely N-dealkylation sites (tertiary alicyclic amines) is 1. The highest BCUT2D eigenvalue weighted by molar-refractivity contribution is 5.82. The maximum atomic E-state index is 13.0. The summed E-state index contributed by atoms with van der Waals surface area (Å²) < 4.78 is 14.9. The Balaban J connectivity index is 1.47. The molecule has 0 bridgehead atoms. The van der Waals surface area contributed by atoms with Crippen LogP contribution in [-0.4, -0.2) is 45.9 Å². The molecule has 1 aliphatic rings. The number of carbonyl (C=O) groups is 2. The van der Waals surface area contributed by atoms with Gasteiger partial charge in [0.05, 0.1) is 18.7 Å². The first-order chi connectivity index (χ1) is 12.6. The van der Waals surface area contributed by atoms with E-state index in [4.69, 9.17) is 0 Å². The molecular formula is C19H23FN4O2. The molecule has 0 spiro atoms. The van der Waals surface area contributed by atoms with Crippen LogP contribution in [-0.2, 0) is 22.6 Å². The molecule has 1 N–H and O–H groups in total. The molecule has 0 radical (unpaired) electrons. The van der Waals surface area contributed by atoms with Crippen LogP contribution in [0.5, 0.6) is 0 Å². The first kappa shape index (κ1) is 18.1. The third-order valence-electron chi connectivity index (χ3n) is 4.64. The lowest BCUT2D eigenvalue weighted by molar-refractivity contribution is -0.135. The number of benzene rings is 1. The van der Waals surface area contributed by atoms with E-state index in [-0.39, 0.29) is 30.0 Å². The second-order valence-corrected chi connectivity index (χ2v) is 6.57. The van der Waals surface area contributed by atoms with Gasteiger partial charge in [0.1, 0.15) is 5.82 Å². The zero-order valence-corrected chi connectivity index (χ0v) is 14.6. The summed E-state index contributed by atoms with van der Waals surface area (Å²) in [4.78, 5) is 30.6. The predicted octanol–water partition coefficient (Wildman–Crippen LogP) is 1.62. The molecule has 3 rings (SSSR count). The van der Waals surface area contributed by atoms with Crippen molar-refractivity contribution >= 4 is 11.8 Å². The lowest BCUT2D eigenvalue weighted by Crippen LogP contribution is -2.46. The van der Waals surface area contributed by atoms with E-state index >= 15 is 0 Å². The number of rotatable bonds is 6. The van der Waals surface area contributed by atoms with E-state index in [0.717, 1.165) is 18.4 Å². The monoisotopic (exact) mass is 358 g/mol. The fourth-order valence-electron chi connectivity index (χ4n) is 3.18. The van der Waals surface area contributed by atoms with Crippen molar-refractivity contribution in [1.29, 1.82) is 0 Å². The maximum absolute atomic E-state index is 13.0. The smallest absolute Gasteiger partial charge is 0.227 e. The molecular weight excluding hydrogens is 335 g/mol. The largest absolute Gasteiger partial charge is 0.354 e. The van der Waals surface area contributed by atoms with Gasteiger partial charge in [-0.2, -0.15) is 0 Å². The summed E-state index contributed by atoms with van der Waals surface area (Å²) in [5.41, 5.74) is 0.781. The molecule has 1 atom stereocenters. The van der Waals surface area contributed by atoms with E-state index in [9.17, 15) is 14.0 Å². The number of imidazole rings is 1. The minimum absolute atomic E-state index is 0.00982. The maximum Gasteiger partial charge on any atom is 0.227 e. The van der Waals surface area contributed by atoms with Crippen LogP contribution in [0.15, 0.2) is 43.0 Å². The van der Waals surface area contributed by atoms with Crippen LogP contribution in [0, 0.1) is 11.7 Å². The number of amides is 2. The molecule has 6 nitrogen and oxygen atoms in total. The van der Waals surface area contributed by atoms with Crippen LogP contribution >= 0.6 is 0 Å². The molecule has 1 aromatic heterocycles. The lowest BCUT2D eigenvalue weighted by Gasteiger charge is -2.32. The summed E-state index contributed by atoms with van der Waals surface area (Å²) >= 11 is 0. The topological polar surface area (TPSA) is 67.2 Å². The van der Waals surface area contributed by atoms with Gasteiger partial charge >= 0.3 is 0 Å². The van der Waals surface area contributed by atoms with Crippen molar-refractivity contribution in [2.75, 3.05) is 19.6 Å². The lowest BCUT2D eigenvalue weighted by atomic mass is 9.96. The second kappa shape index (κ2) is 8.60. The van der Waals surface area contributed by atoms with Gasteiger partial charge in [-0.25, -0.2) is 9.37 Å². The molecule has 2 heterocycles. The summed E-state index contributed by atoms with van der Waals surface area (Å²) in [6, 6.07) is 5.96. The number of carbonyl (C=O) groups excluding carboxylic acids is 2. The van der Waals surface area contributed by atoms with Gasteiger partial charge in [-0.1, -0.05) is 12.1 Å². The zero-order chi connectivity index (χ0) is 18.4. The van der Waals surface area contributed by atoms with Crippen LogP contribution in [0.25, 0.3) is 0 Å². The van der Waals surface area contributed by atoms with E-state index in [0.29, 0.717) is 26.2 Å². The van der Waals surface area contributed by atoms with Crippen LogP contribution in [0.3, 0.4) is 0 Å². The van der Waals surface area contributed by atoms with Gasteiger partial charge in [0.2, 0.25) is 11.8 Å². The third-order valence-corrected chi connectivity index (χ3v) is 4.64. The molecule has 7 heteroatoms. The van der Waals surface area contributed by atoms with E-state index in [1.165, 1.54) is 12.1 Å². The fraction of sp³-hybridized carbons (Fsp3) is 0.421. The predicted molar refractivity (Wildman–Crippen MR) is 94.6 cm³/mol. The van der Waals surface area contributed by atoms with E-state index in [2.05, 4.69) is 10.3 Å². The van der Waals surface area contributed by atoms with Crippen molar-refractivity contribution in [3.63, 3.8) is 0 Å². The normalized spacial score (nSPS) is 17.1. The van der Waals surface area contributed by atoms with Crippen LogP contribution < -0.4 is 5.32 Å². The quantitative estimate of drug-likeness (QED) is 0.853. The molecule has 0 unspecified atom stereocenters. The number of hydrogen-bond acceptors (Lipinski definition) is 3. The Morgan fingerprint density at radius 3 is 2.81 bits per heavy atom. The van der Waals surface area contributed by atoms with E-state index in [1.54, 1.807) is 29.6 Å². The Morgan fingerprint density at radius 2 is 2.08 bits per heavy atom. The molecule has 2 aromatic rings. The van der Waals surface area contributed by atoms with Crippen molar-refractivity contribution in [2.24, 2.45) is 5.92 Å². The standard InChI is InChI=1S/C19H23FN4O2/c20-17-5-3-15(4-6-17)12-18(25)24-9-1-2-16(13-24)19(26)22-8-11-23-10-7-21-14-23/h3-7,10,14,16H,1-2,8-9,11-13H2,(H,22,26)/t16-/m1/s1. The first-order valence-corrected chi connectivity index (χ1v) is 8.87. The average Bonchev–Trinajstić information content (AvgIpc) is 3.17. The van der Waals surface area contributed by atoms with Crippen molar-refractivity contribution in [3.8, 4) is 0 Å². The molecule has 0 saturated carbocycles. The van der Waals surface area contributed by atoms with Gasteiger partial charge in [0, 0.05) is 38.6 Å². The van der Waals surface area contributed by atoms with Crippen molar-refractivity contribution in [3.05, 3.63) is 54.4 Å². The van der Waals surface area contributed by atoms with Crippen LogP contribution in [0.2, 0.25) is 0 Å². The minimum atomic E-state index is -0.313. The molecule has 0 aliphatic carbocycles. The molecule has 2 amide bonds. The number of halogens is 1. The molecule has 1 aliphatic heterocycles. The van der Waals surface area contributed by atoms with Crippen molar-refractivity contribution < 1.29 is 14.0 Å². The number of nitrogens with zero attached hydrogens (tertiary/aromatic N) is 3. The third kappa shape index (κ3) is 4.91. The second-order valence-electron chi connectivity index (χ2n) is 6.57. The number of nitrogens with one attached hydrogen (secondary N) is 1.